The normalized spacial score (nSPS) is 14.6. The van der Waals surface area contributed by atoms with Gasteiger partial charge in [-0.2, -0.15) is 0 Å². The quantitative estimate of drug-likeness (QED) is 0.305. The van der Waals surface area contributed by atoms with Crippen LogP contribution in [0.2, 0.25) is 5.02 Å². The third-order valence-corrected chi connectivity index (χ3v) is 9.53. The average molecular weight is 616 g/mol. The van der Waals surface area contributed by atoms with Crippen LogP contribution < -0.4 is 14.4 Å². The van der Waals surface area contributed by atoms with Gasteiger partial charge in [0.25, 0.3) is 10.0 Å². The first-order valence-electron chi connectivity index (χ1n) is 13.9. The highest BCUT2D eigenvalue weighted by Gasteiger charge is 2.33. The van der Waals surface area contributed by atoms with Crippen LogP contribution in [0.4, 0.5) is 10.1 Å². The Kier molecular flexibility index (Phi) is 10.5. The second-order valence-electron chi connectivity index (χ2n) is 10.3. The summed E-state index contributed by atoms with van der Waals surface area (Å²) in [6.07, 6.45) is 4.82. The lowest BCUT2D eigenvalue weighted by Crippen LogP contribution is -2.53. The van der Waals surface area contributed by atoms with Crippen molar-refractivity contribution in [2.24, 2.45) is 0 Å². The number of benzene rings is 3. The molecular formula is C31H35ClFN3O5S. The van der Waals surface area contributed by atoms with E-state index in [1.54, 1.807) is 31.2 Å². The molecule has 3 aromatic carbocycles. The molecule has 11 heteroatoms. The van der Waals surface area contributed by atoms with Crippen LogP contribution in [0.1, 0.15) is 44.6 Å². The number of carbonyl (C=O) groups is 2. The van der Waals surface area contributed by atoms with Gasteiger partial charge in [-0.25, -0.2) is 12.8 Å². The summed E-state index contributed by atoms with van der Waals surface area (Å²) in [6.45, 7) is 0.680. The number of anilines is 1. The first-order chi connectivity index (χ1) is 20.1. The van der Waals surface area contributed by atoms with E-state index in [9.17, 15) is 22.4 Å². The third-order valence-electron chi connectivity index (χ3n) is 7.45. The lowest BCUT2D eigenvalue weighted by atomic mass is 9.95. The van der Waals surface area contributed by atoms with Gasteiger partial charge in [0, 0.05) is 18.2 Å². The van der Waals surface area contributed by atoms with E-state index in [4.69, 9.17) is 16.3 Å². The molecule has 0 bridgehead atoms. The van der Waals surface area contributed by atoms with Gasteiger partial charge in [0.15, 0.2) is 0 Å². The number of rotatable bonds is 11. The van der Waals surface area contributed by atoms with Crippen molar-refractivity contribution in [3.8, 4) is 5.75 Å². The van der Waals surface area contributed by atoms with Gasteiger partial charge in [0.2, 0.25) is 11.8 Å². The molecule has 0 unspecified atom stereocenters. The number of methoxy groups -OCH3 is 1. The largest absolute Gasteiger partial charge is 0.495 e. The number of nitrogens with zero attached hydrogens (tertiary/aromatic N) is 2. The second kappa shape index (κ2) is 14.0. The first kappa shape index (κ1) is 31.3. The molecule has 1 N–H and O–H groups in total. The van der Waals surface area contributed by atoms with Gasteiger partial charge in [-0.05, 0) is 56.2 Å². The topological polar surface area (TPSA) is 96.0 Å². The van der Waals surface area contributed by atoms with Crippen LogP contribution in [0.3, 0.4) is 0 Å². The van der Waals surface area contributed by atoms with Crippen LogP contribution >= 0.6 is 11.6 Å². The maximum atomic E-state index is 14.7. The summed E-state index contributed by atoms with van der Waals surface area (Å²) in [7, 11) is -2.82. The Labute approximate surface area is 251 Å². The van der Waals surface area contributed by atoms with E-state index >= 15 is 0 Å². The molecule has 0 saturated heterocycles. The molecule has 8 nitrogen and oxygen atoms in total. The highest BCUT2D eigenvalue weighted by atomic mass is 35.5. The van der Waals surface area contributed by atoms with Crippen LogP contribution in [0, 0.1) is 5.82 Å². The Morgan fingerprint density at radius 2 is 1.69 bits per heavy atom. The second-order valence-corrected chi connectivity index (χ2v) is 12.5. The molecule has 0 aliphatic heterocycles. The van der Waals surface area contributed by atoms with Crippen molar-refractivity contribution in [3.63, 3.8) is 0 Å². The van der Waals surface area contributed by atoms with Gasteiger partial charge in [-0.15, -0.1) is 0 Å². The van der Waals surface area contributed by atoms with Crippen LogP contribution in [0.25, 0.3) is 0 Å². The average Bonchev–Trinajstić information content (AvgIpc) is 2.99. The lowest BCUT2D eigenvalue weighted by molar-refractivity contribution is -0.139. The zero-order chi connectivity index (χ0) is 30.3. The SMILES string of the molecule is COc1ccc(N(CC(=O)N(Cc2ccccc2F)[C@@H](C)C(=O)NC2CCCCC2)S(=O)(=O)c2ccccc2)cc1Cl. The number of nitrogens with one attached hydrogen (secondary N) is 1. The zero-order valence-electron chi connectivity index (χ0n) is 23.6. The Morgan fingerprint density at radius 1 is 1.02 bits per heavy atom. The highest BCUT2D eigenvalue weighted by molar-refractivity contribution is 7.92. The van der Waals surface area contributed by atoms with Crippen molar-refractivity contribution in [2.45, 2.75) is 62.6 Å². The van der Waals surface area contributed by atoms with E-state index in [0.29, 0.717) is 5.75 Å². The van der Waals surface area contributed by atoms with E-state index in [2.05, 4.69) is 5.32 Å². The molecular weight excluding hydrogens is 581 g/mol. The van der Waals surface area contributed by atoms with Gasteiger partial charge < -0.3 is 15.0 Å². The highest BCUT2D eigenvalue weighted by Crippen LogP contribution is 2.32. The van der Waals surface area contributed by atoms with E-state index in [1.165, 1.54) is 60.5 Å². The summed E-state index contributed by atoms with van der Waals surface area (Å²) in [4.78, 5) is 28.6. The molecule has 0 radical (unpaired) electrons. The van der Waals surface area contributed by atoms with Gasteiger partial charge in [-0.3, -0.25) is 13.9 Å². The smallest absolute Gasteiger partial charge is 0.264 e. The molecule has 0 aromatic heterocycles. The molecule has 1 aliphatic rings. The number of sulfonamides is 1. The van der Waals surface area contributed by atoms with Gasteiger partial charge in [-0.1, -0.05) is 67.3 Å². The van der Waals surface area contributed by atoms with Gasteiger partial charge in [0.1, 0.15) is 24.2 Å². The summed E-state index contributed by atoms with van der Waals surface area (Å²) < 4.78 is 48.6. The fraction of sp³-hybridized carbons (Fsp3) is 0.355. The Balaban J connectivity index is 1.70. The Hall–Kier alpha value is -3.63. The predicted octanol–water partition coefficient (Wildman–Crippen LogP) is 5.55. The number of hydrogen-bond donors (Lipinski definition) is 1. The maximum absolute atomic E-state index is 14.7. The van der Waals surface area contributed by atoms with Crippen molar-refractivity contribution >= 4 is 39.1 Å². The number of ether oxygens (including phenoxy) is 1. The Bertz CT molecular complexity index is 1500. The number of hydrogen-bond acceptors (Lipinski definition) is 5. The lowest BCUT2D eigenvalue weighted by Gasteiger charge is -2.33. The van der Waals surface area contributed by atoms with Crippen molar-refractivity contribution in [2.75, 3.05) is 18.0 Å². The number of carbonyl (C=O) groups excluding carboxylic acids is 2. The van der Waals surface area contributed by atoms with Crippen LogP contribution in [-0.4, -0.2) is 50.9 Å². The standard InChI is InChI=1S/C31H35ClFN3O5S/c1-22(31(38)34-24-12-5-3-6-13-24)35(20-23-11-9-10-16-28(23)33)30(37)21-36(25-17-18-29(41-2)27(32)19-25)42(39,40)26-14-7-4-8-15-26/h4,7-11,14-19,22,24H,3,5-6,12-13,20-21H2,1-2H3,(H,34,38)/t22-/m0/s1. The van der Waals surface area contributed by atoms with E-state index in [0.717, 1.165) is 36.4 Å². The summed E-state index contributed by atoms with van der Waals surface area (Å²) in [5, 5.41) is 3.18. The fourth-order valence-corrected chi connectivity index (χ4v) is 6.70. The molecule has 1 atom stereocenters. The molecule has 0 heterocycles. The summed E-state index contributed by atoms with van der Waals surface area (Å²) >= 11 is 6.34. The van der Waals surface area contributed by atoms with Crippen LogP contribution in [0.15, 0.2) is 77.7 Å². The molecule has 1 fully saturated rings. The Morgan fingerprint density at radius 3 is 2.33 bits per heavy atom. The summed E-state index contributed by atoms with van der Waals surface area (Å²) in [6, 6.07) is 17.1. The molecule has 1 aliphatic carbocycles. The predicted molar refractivity (Wildman–Crippen MR) is 160 cm³/mol. The molecule has 4 rings (SSSR count). The molecule has 2 amide bonds. The maximum Gasteiger partial charge on any atom is 0.264 e. The molecule has 3 aromatic rings. The molecule has 1 saturated carbocycles. The van der Waals surface area contributed by atoms with Crippen LogP contribution in [-0.2, 0) is 26.2 Å². The van der Waals surface area contributed by atoms with Crippen molar-refractivity contribution in [3.05, 3.63) is 89.2 Å². The minimum absolute atomic E-state index is 0.00416. The monoisotopic (exact) mass is 615 g/mol. The van der Waals surface area contributed by atoms with Crippen molar-refractivity contribution in [1.29, 1.82) is 0 Å². The van der Waals surface area contributed by atoms with Crippen molar-refractivity contribution in [1.82, 2.24) is 10.2 Å². The van der Waals surface area contributed by atoms with E-state index in [1.807, 2.05) is 0 Å². The number of halogens is 2. The van der Waals surface area contributed by atoms with Gasteiger partial charge in [0.05, 0.1) is 22.7 Å². The van der Waals surface area contributed by atoms with Crippen LogP contribution in [0.5, 0.6) is 5.75 Å². The fourth-order valence-electron chi connectivity index (χ4n) is 5.02. The minimum atomic E-state index is -4.26. The summed E-state index contributed by atoms with van der Waals surface area (Å²) in [5.74, 6) is -1.27. The van der Waals surface area contributed by atoms with E-state index in [-0.39, 0.29) is 39.7 Å². The van der Waals surface area contributed by atoms with Gasteiger partial charge >= 0.3 is 0 Å². The molecule has 42 heavy (non-hydrogen) atoms. The zero-order valence-corrected chi connectivity index (χ0v) is 25.2. The number of amides is 2. The first-order valence-corrected chi connectivity index (χ1v) is 15.7. The summed E-state index contributed by atoms with van der Waals surface area (Å²) in [5.41, 5.74) is 0.330. The third kappa shape index (κ3) is 7.41. The van der Waals surface area contributed by atoms with E-state index < -0.39 is 34.3 Å². The molecule has 0 spiro atoms. The molecule has 224 valence electrons. The minimum Gasteiger partial charge on any atom is -0.495 e. The van der Waals surface area contributed by atoms with Crippen molar-refractivity contribution < 1.29 is 27.1 Å².